The highest BCUT2D eigenvalue weighted by atomic mass is 35.5. The van der Waals surface area contributed by atoms with Crippen molar-refractivity contribution in [1.29, 1.82) is 0 Å². The second-order valence-corrected chi connectivity index (χ2v) is 4.58. The average molecular weight is 235 g/mol. The van der Waals surface area contributed by atoms with E-state index in [0.717, 1.165) is 5.56 Å². The molecule has 1 unspecified atom stereocenters. The largest absolute Gasteiger partial charge is 0.250 e. The average Bonchev–Trinajstić information content (AvgIpc) is 2.02. The SMILES string of the molecule is CC(C)C(CF)c1cc(Cl)cc(Cl)c1. The lowest BCUT2D eigenvalue weighted by molar-refractivity contribution is 0.366. The molecule has 0 bridgehead atoms. The van der Waals surface area contributed by atoms with Crippen molar-refractivity contribution in [2.24, 2.45) is 5.92 Å². The van der Waals surface area contributed by atoms with Gasteiger partial charge in [-0.15, -0.1) is 0 Å². The van der Waals surface area contributed by atoms with Gasteiger partial charge in [0.15, 0.2) is 0 Å². The monoisotopic (exact) mass is 234 g/mol. The zero-order valence-corrected chi connectivity index (χ0v) is 9.74. The van der Waals surface area contributed by atoms with Crippen LogP contribution in [0.2, 0.25) is 10.0 Å². The van der Waals surface area contributed by atoms with Gasteiger partial charge in [-0.1, -0.05) is 37.0 Å². The van der Waals surface area contributed by atoms with E-state index in [9.17, 15) is 4.39 Å². The van der Waals surface area contributed by atoms with Gasteiger partial charge in [0.25, 0.3) is 0 Å². The van der Waals surface area contributed by atoms with Crippen LogP contribution in [0.1, 0.15) is 25.3 Å². The Morgan fingerprint density at radius 2 is 1.64 bits per heavy atom. The van der Waals surface area contributed by atoms with Gasteiger partial charge >= 0.3 is 0 Å². The van der Waals surface area contributed by atoms with E-state index < -0.39 is 0 Å². The number of benzene rings is 1. The lowest BCUT2D eigenvalue weighted by atomic mass is 9.90. The van der Waals surface area contributed by atoms with Crippen LogP contribution < -0.4 is 0 Å². The topological polar surface area (TPSA) is 0 Å². The van der Waals surface area contributed by atoms with Gasteiger partial charge in [0.05, 0.1) is 6.67 Å². The summed E-state index contributed by atoms with van der Waals surface area (Å²) in [5.41, 5.74) is 0.875. The van der Waals surface area contributed by atoms with Gasteiger partial charge in [-0.3, -0.25) is 4.39 Å². The van der Waals surface area contributed by atoms with Crippen LogP contribution in [0.3, 0.4) is 0 Å². The van der Waals surface area contributed by atoms with Crippen LogP contribution in [0.25, 0.3) is 0 Å². The first-order valence-electron chi connectivity index (χ1n) is 4.56. The second kappa shape index (κ2) is 4.99. The van der Waals surface area contributed by atoms with E-state index in [1.165, 1.54) is 0 Å². The maximum atomic E-state index is 12.8. The number of hydrogen-bond acceptors (Lipinski definition) is 0. The summed E-state index contributed by atoms with van der Waals surface area (Å²) in [4.78, 5) is 0. The molecule has 1 aromatic carbocycles. The third kappa shape index (κ3) is 2.86. The molecular weight excluding hydrogens is 222 g/mol. The minimum Gasteiger partial charge on any atom is -0.250 e. The highest BCUT2D eigenvalue weighted by molar-refractivity contribution is 6.34. The van der Waals surface area contributed by atoms with Crippen molar-refractivity contribution < 1.29 is 4.39 Å². The molecule has 0 nitrogen and oxygen atoms in total. The predicted molar refractivity (Wildman–Crippen MR) is 60.0 cm³/mol. The van der Waals surface area contributed by atoms with E-state index in [1.54, 1.807) is 18.2 Å². The normalized spacial score (nSPS) is 13.3. The molecular formula is C11H13Cl2F. The molecule has 0 heterocycles. The highest BCUT2D eigenvalue weighted by Gasteiger charge is 2.16. The molecule has 0 saturated carbocycles. The van der Waals surface area contributed by atoms with Crippen molar-refractivity contribution in [3.8, 4) is 0 Å². The molecule has 0 fully saturated rings. The number of hydrogen-bond donors (Lipinski definition) is 0. The molecule has 1 aromatic rings. The Kier molecular flexibility index (Phi) is 4.21. The Bertz CT molecular complexity index is 290. The Labute approximate surface area is 94.0 Å². The molecule has 0 amide bonds. The minimum atomic E-state index is -0.381. The van der Waals surface area contributed by atoms with Crippen LogP contribution in [0.4, 0.5) is 4.39 Å². The van der Waals surface area contributed by atoms with Crippen LogP contribution >= 0.6 is 23.2 Å². The van der Waals surface area contributed by atoms with Gasteiger partial charge in [-0.2, -0.15) is 0 Å². The zero-order valence-electron chi connectivity index (χ0n) is 8.23. The van der Waals surface area contributed by atoms with Crippen LogP contribution in [0.5, 0.6) is 0 Å². The Morgan fingerprint density at radius 3 is 2.00 bits per heavy atom. The summed E-state index contributed by atoms with van der Waals surface area (Å²) < 4.78 is 12.8. The van der Waals surface area contributed by atoms with Crippen molar-refractivity contribution in [3.05, 3.63) is 33.8 Å². The maximum absolute atomic E-state index is 12.8. The third-order valence-electron chi connectivity index (χ3n) is 2.28. The number of alkyl halides is 1. The van der Waals surface area contributed by atoms with Crippen molar-refractivity contribution in [2.45, 2.75) is 19.8 Å². The van der Waals surface area contributed by atoms with Crippen molar-refractivity contribution in [3.63, 3.8) is 0 Å². The molecule has 1 atom stereocenters. The van der Waals surface area contributed by atoms with Gasteiger partial charge in [-0.05, 0) is 29.7 Å². The van der Waals surface area contributed by atoms with Gasteiger partial charge < -0.3 is 0 Å². The lowest BCUT2D eigenvalue weighted by Crippen LogP contribution is -2.08. The van der Waals surface area contributed by atoms with E-state index in [2.05, 4.69) is 0 Å². The molecule has 78 valence electrons. The van der Waals surface area contributed by atoms with E-state index in [0.29, 0.717) is 10.0 Å². The van der Waals surface area contributed by atoms with Crippen LogP contribution in [-0.4, -0.2) is 6.67 Å². The zero-order chi connectivity index (χ0) is 10.7. The molecule has 0 aliphatic heterocycles. The van der Waals surface area contributed by atoms with Crippen molar-refractivity contribution in [2.75, 3.05) is 6.67 Å². The summed E-state index contributed by atoms with van der Waals surface area (Å²) in [5, 5.41) is 1.12. The predicted octanol–water partition coefficient (Wildman–Crippen LogP) is 4.70. The first kappa shape index (κ1) is 11.8. The molecule has 0 aliphatic carbocycles. The molecule has 1 rings (SSSR count). The van der Waals surface area contributed by atoms with Gasteiger partial charge in [0, 0.05) is 16.0 Å². The Balaban J connectivity index is 3.04. The highest BCUT2D eigenvalue weighted by Crippen LogP contribution is 2.29. The first-order valence-corrected chi connectivity index (χ1v) is 5.32. The van der Waals surface area contributed by atoms with Crippen molar-refractivity contribution >= 4 is 23.2 Å². The fourth-order valence-electron chi connectivity index (χ4n) is 1.44. The van der Waals surface area contributed by atoms with E-state index in [-0.39, 0.29) is 18.5 Å². The van der Waals surface area contributed by atoms with Gasteiger partial charge in [-0.25, -0.2) is 0 Å². The Hall–Kier alpha value is -0.270. The molecule has 3 heteroatoms. The molecule has 14 heavy (non-hydrogen) atoms. The summed E-state index contributed by atoms with van der Waals surface area (Å²) in [6.07, 6.45) is 0. The quantitative estimate of drug-likeness (QED) is 0.712. The minimum absolute atomic E-state index is 0.119. The van der Waals surface area contributed by atoms with E-state index >= 15 is 0 Å². The number of halogens is 3. The summed E-state index contributed by atoms with van der Waals surface area (Å²) in [6.45, 7) is 3.59. The molecule has 0 aromatic heterocycles. The summed E-state index contributed by atoms with van der Waals surface area (Å²) in [7, 11) is 0. The van der Waals surface area contributed by atoms with Crippen molar-refractivity contribution in [1.82, 2.24) is 0 Å². The third-order valence-corrected chi connectivity index (χ3v) is 2.72. The summed E-state index contributed by atoms with van der Waals surface area (Å²) in [5.74, 6) is 0.126. The summed E-state index contributed by atoms with van der Waals surface area (Å²) in [6, 6.07) is 5.21. The van der Waals surface area contributed by atoms with Crippen LogP contribution in [-0.2, 0) is 0 Å². The molecule has 0 N–H and O–H groups in total. The summed E-state index contributed by atoms with van der Waals surface area (Å²) >= 11 is 11.7. The molecule has 0 aliphatic rings. The molecule has 0 radical (unpaired) electrons. The lowest BCUT2D eigenvalue weighted by Gasteiger charge is -2.18. The van der Waals surface area contributed by atoms with Crippen LogP contribution in [0, 0.1) is 5.92 Å². The maximum Gasteiger partial charge on any atom is 0.0965 e. The number of rotatable bonds is 3. The molecule has 0 spiro atoms. The second-order valence-electron chi connectivity index (χ2n) is 3.71. The fourth-order valence-corrected chi connectivity index (χ4v) is 1.98. The first-order chi connectivity index (χ1) is 6.54. The van der Waals surface area contributed by atoms with E-state index in [4.69, 9.17) is 23.2 Å². The van der Waals surface area contributed by atoms with Crippen LogP contribution in [0.15, 0.2) is 18.2 Å². The smallest absolute Gasteiger partial charge is 0.0965 e. The van der Waals surface area contributed by atoms with E-state index in [1.807, 2.05) is 13.8 Å². The van der Waals surface area contributed by atoms with Gasteiger partial charge in [0.2, 0.25) is 0 Å². The Morgan fingerprint density at radius 1 is 1.14 bits per heavy atom. The standard InChI is InChI=1S/C11H13Cl2F/c1-7(2)11(6-14)8-3-9(12)5-10(13)4-8/h3-5,7,11H,6H2,1-2H3. The fraction of sp³-hybridized carbons (Fsp3) is 0.455. The molecule has 0 saturated heterocycles. The van der Waals surface area contributed by atoms with Gasteiger partial charge in [0.1, 0.15) is 0 Å².